The summed E-state index contributed by atoms with van der Waals surface area (Å²) < 4.78 is 6.62. The molecule has 2 N–H and O–H groups in total. The van der Waals surface area contributed by atoms with E-state index in [1.165, 1.54) is 0 Å². The highest BCUT2D eigenvalue weighted by molar-refractivity contribution is 9.10. The van der Waals surface area contributed by atoms with Crippen molar-refractivity contribution in [1.82, 2.24) is 0 Å². The first-order chi connectivity index (χ1) is 8.15. The maximum absolute atomic E-state index is 6.06. The Bertz CT molecular complexity index is 531. The van der Waals surface area contributed by atoms with Crippen molar-refractivity contribution < 1.29 is 4.74 Å². The van der Waals surface area contributed by atoms with Crippen molar-refractivity contribution in [2.75, 3.05) is 5.73 Å². The topological polar surface area (TPSA) is 35.2 Å². The van der Waals surface area contributed by atoms with Crippen LogP contribution >= 0.6 is 27.5 Å². The molecule has 2 aromatic rings. The summed E-state index contributed by atoms with van der Waals surface area (Å²) in [5, 5.41) is 0.625. The minimum absolute atomic E-state index is 0.426. The van der Waals surface area contributed by atoms with Gasteiger partial charge in [-0.2, -0.15) is 0 Å². The molecule has 2 aromatic carbocycles. The Kier molecular flexibility index (Phi) is 3.92. The van der Waals surface area contributed by atoms with Crippen LogP contribution in [0.1, 0.15) is 5.56 Å². The van der Waals surface area contributed by atoms with Gasteiger partial charge in [-0.15, -0.1) is 0 Å². The summed E-state index contributed by atoms with van der Waals surface area (Å²) in [6, 6.07) is 13.1. The quantitative estimate of drug-likeness (QED) is 0.859. The molecule has 0 saturated heterocycles. The molecule has 2 rings (SSSR count). The highest BCUT2D eigenvalue weighted by atomic mass is 79.9. The molecule has 88 valence electrons. The zero-order valence-electron chi connectivity index (χ0n) is 8.99. The summed E-state index contributed by atoms with van der Waals surface area (Å²) >= 11 is 9.45. The maximum atomic E-state index is 6.06. The van der Waals surface area contributed by atoms with Crippen molar-refractivity contribution in [3.8, 4) is 5.75 Å². The fourth-order valence-corrected chi connectivity index (χ4v) is 2.02. The number of benzene rings is 2. The fourth-order valence-electron chi connectivity index (χ4n) is 1.40. The molecule has 0 radical (unpaired) electrons. The smallest absolute Gasteiger partial charge is 0.120 e. The van der Waals surface area contributed by atoms with Gasteiger partial charge in [0.25, 0.3) is 0 Å². The van der Waals surface area contributed by atoms with E-state index in [0.29, 0.717) is 17.3 Å². The van der Waals surface area contributed by atoms with Crippen LogP contribution in [0.3, 0.4) is 0 Å². The Labute approximate surface area is 113 Å². The Morgan fingerprint density at radius 3 is 2.71 bits per heavy atom. The third-order valence-electron chi connectivity index (χ3n) is 2.27. The van der Waals surface area contributed by atoms with Crippen molar-refractivity contribution in [1.29, 1.82) is 0 Å². The van der Waals surface area contributed by atoms with Gasteiger partial charge in [-0.25, -0.2) is 0 Å². The molecule has 0 aliphatic rings. The third-order valence-corrected chi connectivity index (χ3v) is 3.11. The molecular weight excluding hydrogens is 302 g/mol. The van der Waals surface area contributed by atoms with Gasteiger partial charge in [-0.3, -0.25) is 0 Å². The second kappa shape index (κ2) is 5.43. The van der Waals surface area contributed by atoms with Crippen LogP contribution in [-0.4, -0.2) is 0 Å². The number of ether oxygens (including phenoxy) is 1. The Hall–Kier alpha value is -1.19. The Morgan fingerprint density at radius 1 is 1.18 bits per heavy atom. The first kappa shape index (κ1) is 12.3. The van der Waals surface area contributed by atoms with E-state index in [1.54, 1.807) is 6.07 Å². The lowest BCUT2D eigenvalue weighted by molar-refractivity contribution is 0.306. The summed E-state index contributed by atoms with van der Waals surface area (Å²) in [7, 11) is 0. The van der Waals surface area contributed by atoms with Crippen molar-refractivity contribution in [2.45, 2.75) is 6.61 Å². The number of halogens is 2. The van der Waals surface area contributed by atoms with Crippen LogP contribution in [0.4, 0.5) is 5.69 Å². The van der Waals surface area contributed by atoms with Gasteiger partial charge < -0.3 is 10.5 Å². The lowest BCUT2D eigenvalue weighted by Gasteiger charge is -2.08. The zero-order valence-corrected chi connectivity index (χ0v) is 11.3. The van der Waals surface area contributed by atoms with E-state index in [2.05, 4.69) is 15.9 Å². The predicted molar refractivity (Wildman–Crippen MR) is 74.3 cm³/mol. The van der Waals surface area contributed by atoms with Gasteiger partial charge in [0.05, 0.1) is 0 Å². The van der Waals surface area contributed by atoms with E-state index in [-0.39, 0.29) is 0 Å². The van der Waals surface area contributed by atoms with Crippen LogP contribution in [0, 0.1) is 0 Å². The second-order valence-electron chi connectivity index (χ2n) is 3.60. The van der Waals surface area contributed by atoms with E-state index in [4.69, 9.17) is 22.1 Å². The van der Waals surface area contributed by atoms with Gasteiger partial charge in [0.2, 0.25) is 0 Å². The molecule has 0 bridgehead atoms. The van der Waals surface area contributed by atoms with Gasteiger partial charge in [0.1, 0.15) is 12.4 Å². The van der Waals surface area contributed by atoms with Gasteiger partial charge in [-0.05, 0) is 30.3 Å². The molecule has 0 fully saturated rings. The number of nitrogen functional groups attached to an aromatic ring is 1. The van der Waals surface area contributed by atoms with Crippen molar-refractivity contribution in [2.24, 2.45) is 0 Å². The van der Waals surface area contributed by atoms with Crippen LogP contribution in [0.15, 0.2) is 46.9 Å². The van der Waals surface area contributed by atoms with Gasteiger partial charge in [-0.1, -0.05) is 39.7 Å². The zero-order chi connectivity index (χ0) is 12.3. The minimum Gasteiger partial charge on any atom is -0.489 e. The molecule has 17 heavy (non-hydrogen) atoms. The summed E-state index contributed by atoms with van der Waals surface area (Å²) in [5.41, 5.74) is 7.19. The molecule has 0 unspecified atom stereocenters. The van der Waals surface area contributed by atoms with Crippen molar-refractivity contribution in [3.63, 3.8) is 0 Å². The monoisotopic (exact) mass is 311 g/mol. The summed E-state index contributed by atoms with van der Waals surface area (Å²) in [6.07, 6.45) is 0. The van der Waals surface area contributed by atoms with Crippen LogP contribution in [0.5, 0.6) is 5.75 Å². The predicted octanol–water partition coefficient (Wildman–Crippen LogP) is 4.26. The number of nitrogens with two attached hydrogens (primary N) is 1. The molecule has 0 aliphatic carbocycles. The lowest BCUT2D eigenvalue weighted by atomic mass is 10.2. The Morgan fingerprint density at radius 2 is 2.00 bits per heavy atom. The van der Waals surface area contributed by atoms with E-state index in [9.17, 15) is 0 Å². The lowest BCUT2D eigenvalue weighted by Crippen LogP contribution is -1.97. The molecule has 0 saturated carbocycles. The van der Waals surface area contributed by atoms with Gasteiger partial charge >= 0.3 is 0 Å². The number of hydrogen-bond donors (Lipinski definition) is 1. The first-order valence-electron chi connectivity index (χ1n) is 5.07. The van der Waals surface area contributed by atoms with Crippen LogP contribution in [0.2, 0.25) is 5.02 Å². The van der Waals surface area contributed by atoms with Crippen LogP contribution in [-0.2, 0) is 6.61 Å². The van der Waals surface area contributed by atoms with Gasteiger partial charge in [0, 0.05) is 20.7 Å². The molecular formula is C13H11BrClNO. The highest BCUT2D eigenvalue weighted by Crippen LogP contribution is 2.22. The summed E-state index contributed by atoms with van der Waals surface area (Å²) in [6.45, 7) is 0.426. The average molecular weight is 313 g/mol. The molecule has 0 aromatic heterocycles. The molecule has 0 heterocycles. The molecule has 0 spiro atoms. The first-order valence-corrected chi connectivity index (χ1v) is 6.24. The highest BCUT2D eigenvalue weighted by Gasteiger charge is 2.02. The van der Waals surface area contributed by atoms with Crippen molar-refractivity contribution >= 4 is 33.2 Å². The largest absolute Gasteiger partial charge is 0.489 e. The van der Waals surface area contributed by atoms with E-state index in [1.807, 2.05) is 36.4 Å². The van der Waals surface area contributed by atoms with Crippen LogP contribution in [0.25, 0.3) is 0 Å². The van der Waals surface area contributed by atoms with Gasteiger partial charge in [0.15, 0.2) is 0 Å². The molecule has 2 nitrogen and oxygen atoms in total. The molecule has 4 heteroatoms. The second-order valence-corrected chi connectivity index (χ2v) is 4.92. The maximum Gasteiger partial charge on any atom is 0.120 e. The summed E-state index contributed by atoms with van der Waals surface area (Å²) in [4.78, 5) is 0. The van der Waals surface area contributed by atoms with E-state index < -0.39 is 0 Å². The minimum atomic E-state index is 0.426. The molecule has 0 amide bonds. The van der Waals surface area contributed by atoms with E-state index in [0.717, 1.165) is 15.8 Å². The molecule has 0 atom stereocenters. The summed E-state index contributed by atoms with van der Waals surface area (Å²) in [5.74, 6) is 0.798. The number of hydrogen-bond acceptors (Lipinski definition) is 2. The number of anilines is 1. The normalized spacial score (nSPS) is 10.2. The SMILES string of the molecule is Nc1ccc(COc2cccc(Br)c2)c(Cl)c1. The average Bonchev–Trinajstić information content (AvgIpc) is 2.28. The fraction of sp³-hybridized carbons (Fsp3) is 0.0769. The standard InChI is InChI=1S/C13H11BrClNO/c14-10-2-1-3-12(6-10)17-8-9-4-5-11(16)7-13(9)15/h1-7H,8,16H2. The number of rotatable bonds is 3. The van der Waals surface area contributed by atoms with Crippen LogP contribution < -0.4 is 10.5 Å². The Balaban J connectivity index is 2.07. The molecule has 0 aliphatic heterocycles. The van der Waals surface area contributed by atoms with Crippen molar-refractivity contribution in [3.05, 3.63) is 57.5 Å². The third kappa shape index (κ3) is 3.38. The van der Waals surface area contributed by atoms with E-state index >= 15 is 0 Å².